The van der Waals surface area contributed by atoms with E-state index in [1.807, 2.05) is 103 Å². The van der Waals surface area contributed by atoms with Crippen LogP contribution < -0.4 is 14.9 Å². The van der Waals surface area contributed by atoms with Crippen LogP contribution >= 0.6 is 15.9 Å². The number of amides is 1. The maximum atomic E-state index is 12.7. The first kappa shape index (κ1) is 26.2. The van der Waals surface area contributed by atoms with Crippen LogP contribution in [0.2, 0.25) is 0 Å². The Labute approximate surface area is 236 Å². The van der Waals surface area contributed by atoms with Crippen molar-refractivity contribution in [2.75, 3.05) is 0 Å². The van der Waals surface area contributed by atoms with Crippen molar-refractivity contribution in [2.45, 2.75) is 19.6 Å². The van der Waals surface area contributed by atoms with Crippen LogP contribution in [0.4, 0.5) is 0 Å². The molecule has 5 nitrogen and oxygen atoms in total. The minimum absolute atomic E-state index is 0.352. The van der Waals surface area contributed by atoms with Crippen LogP contribution in [0.1, 0.15) is 18.1 Å². The van der Waals surface area contributed by atoms with Crippen molar-refractivity contribution in [3.05, 3.63) is 131 Å². The summed E-state index contributed by atoms with van der Waals surface area (Å²) in [6.07, 6.45) is 0.891. The van der Waals surface area contributed by atoms with Crippen LogP contribution in [0, 0.1) is 0 Å². The summed E-state index contributed by atoms with van der Waals surface area (Å²) in [5.41, 5.74) is 6.63. The van der Waals surface area contributed by atoms with Crippen LogP contribution in [0.3, 0.4) is 0 Å². The van der Waals surface area contributed by atoms with E-state index in [0.29, 0.717) is 18.1 Å². The number of nitrogens with zero attached hydrogens (tertiary/aromatic N) is 1. The van der Waals surface area contributed by atoms with Crippen molar-refractivity contribution in [1.29, 1.82) is 0 Å². The lowest BCUT2D eigenvalue weighted by molar-refractivity contribution is -0.127. The molecule has 0 aromatic heterocycles. The van der Waals surface area contributed by atoms with Crippen LogP contribution in [-0.2, 0) is 11.4 Å². The monoisotopic (exact) mass is 578 g/mol. The normalized spacial score (nSPS) is 11.8. The summed E-state index contributed by atoms with van der Waals surface area (Å²) in [4.78, 5) is 12.7. The highest BCUT2D eigenvalue weighted by atomic mass is 79.9. The van der Waals surface area contributed by atoms with Gasteiger partial charge in [-0.25, -0.2) is 5.43 Å². The Balaban J connectivity index is 1.26. The zero-order valence-corrected chi connectivity index (χ0v) is 23.0. The number of fused-ring (bicyclic) bond motifs is 1. The van der Waals surface area contributed by atoms with Crippen molar-refractivity contribution >= 4 is 38.8 Å². The molecule has 1 amide bonds. The van der Waals surface area contributed by atoms with E-state index in [1.165, 1.54) is 0 Å². The Hall–Kier alpha value is -4.42. The predicted molar refractivity (Wildman–Crippen MR) is 160 cm³/mol. The molecule has 5 aromatic rings. The van der Waals surface area contributed by atoms with Gasteiger partial charge in [0.1, 0.15) is 18.1 Å². The van der Waals surface area contributed by atoms with Gasteiger partial charge in [0.05, 0.1) is 6.21 Å². The van der Waals surface area contributed by atoms with Gasteiger partial charge in [0.15, 0.2) is 6.10 Å². The van der Waals surface area contributed by atoms with Gasteiger partial charge in [-0.3, -0.25) is 4.79 Å². The molecule has 1 N–H and O–H groups in total. The van der Waals surface area contributed by atoms with Crippen molar-refractivity contribution in [2.24, 2.45) is 5.10 Å². The second-order valence-electron chi connectivity index (χ2n) is 9.00. The standard InChI is InChI=1S/C33H27BrN2O3/c1-23(39-29-17-14-26(15-18-29)25-9-3-2-4-10-25)33(37)36-35-21-31-30-13-6-5-11-27(30)16-19-32(31)38-22-24-8-7-12-28(34)20-24/h2-21,23H,22H2,1H3,(H,36,37). The summed E-state index contributed by atoms with van der Waals surface area (Å²) >= 11 is 3.50. The van der Waals surface area contributed by atoms with E-state index >= 15 is 0 Å². The summed E-state index contributed by atoms with van der Waals surface area (Å²) in [5.74, 6) is 0.934. The minimum Gasteiger partial charge on any atom is -0.488 e. The average molecular weight is 579 g/mol. The molecule has 0 saturated carbocycles. The summed E-state index contributed by atoms with van der Waals surface area (Å²) in [6.45, 7) is 2.10. The molecule has 0 spiro atoms. The highest BCUT2D eigenvalue weighted by Gasteiger charge is 2.14. The first-order chi connectivity index (χ1) is 19.1. The van der Waals surface area contributed by atoms with Gasteiger partial charge in [-0.15, -0.1) is 0 Å². The lowest BCUT2D eigenvalue weighted by atomic mass is 10.0. The van der Waals surface area contributed by atoms with Crippen molar-refractivity contribution < 1.29 is 14.3 Å². The molecular weight excluding hydrogens is 552 g/mol. The quantitative estimate of drug-likeness (QED) is 0.143. The minimum atomic E-state index is -0.732. The third kappa shape index (κ3) is 6.72. The molecule has 1 atom stereocenters. The van der Waals surface area contributed by atoms with Crippen LogP contribution in [-0.4, -0.2) is 18.2 Å². The number of nitrogens with one attached hydrogen (secondary N) is 1. The van der Waals surface area contributed by atoms with Gasteiger partial charge in [-0.1, -0.05) is 101 Å². The number of hydrogen-bond acceptors (Lipinski definition) is 4. The van der Waals surface area contributed by atoms with E-state index < -0.39 is 6.10 Å². The maximum absolute atomic E-state index is 12.7. The molecule has 0 aliphatic rings. The fraction of sp³-hybridized carbons (Fsp3) is 0.0909. The predicted octanol–water partition coefficient (Wildman–Crippen LogP) is 7.77. The lowest BCUT2D eigenvalue weighted by Crippen LogP contribution is -2.33. The third-order valence-corrected chi connectivity index (χ3v) is 6.72. The first-order valence-corrected chi connectivity index (χ1v) is 13.4. The van der Waals surface area contributed by atoms with Gasteiger partial charge in [-0.2, -0.15) is 5.10 Å². The number of carbonyl (C=O) groups excluding carboxylic acids is 1. The zero-order valence-electron chi connectivity index (χ0n) is 21.4. The topological polar surface area (TPSA) is 59.9 Å². The maximum Gasteiger partial charge on any atom is 0.280 e. The summed E-state index contributed by atoms with van der Waals surface area (Å²) < 4.78 is 13.0. The molecule has 0 aliphatic carbocycles. The molecule has 0 fully saturated rings. The number of hydrazone groups is 1. The van der Waals surface area contributed by atoms with E-state index in [0.717, 1.165) is 37.5 Å². The zero-order chi connectivity index (χ0) is 27.0. The van der Waals surface area contributed by atoms with Crippen LogP contribution in [0.5, 0.6) is 11.5 Å². The number of rotatable bonds is 9. The smallest absolute Gasteiger partial charge is 0.280 e. The third-order valence-electron chi connectivity index (χ3n) is 6.23. The van der Waals surface area contributed by atoms with Gasteiger partial charge in [0.25, 0.3) is 5.91 Å². The van der Waals surface area contributed by atoms with Gasteiger partial charge in [0.2, 0.25) is 0 Å². The van der Waals surface area contributed by atoms with Gasteiger partial charge < -0.3 is 9.47 Å². The molecule has 5 rings (SSSR count). The molecule has 0 heterocycles. The molecule has 39 heavy (non-hydrogen) atoms. The van der Waals surface area contributed by atoms with Crippen molar-refractivity contribution in [3.8, 4) is 22.6 Å². The molecule has 1 unspecified atom stereocenters. The molecule has 0 saturated heterocycles. The summed E-state index contributed by atoms with van der Waals surface area (Å²) in [6, 6.07) is 37.7. The Morgan fingerprint density at radius 1 is 0.872 bits per heavy atom. The number of hydrogen-bond donors (Lipinski definition) is 1. The van der Waals surface area contributed by atoms with E-state index in [-0.39, 0.29) is 5.91 Å². The van der Waals surface area contributed by atoms with Crippen molar-refractivity contribution in [3.63, 3.8) is 0 Å². The van der Waals surface area contributed by atoms with E-state index in [2.05, 4.69) is 38.6 Å². The van der Waals surface area contributed by atoms with Crippen LogP contribution in [0.15, 0.2) is 125 Å². The highest BCUT2D eigenvalue weighted by molar-refractivity contribution is 9.10. The Kier molecular flexibility index (Phi) is 8.34. The molecule has 0 radical (unpaired) electrons. The Morgan fingerprint density at radius 2 is 1.62 bits per heavy atom. The molecule has 194 valence electrons. The van der Waals surface area contributed by atoms with Crippen molar-refractivity contribution in [1.82, 2.24) is 5.43 Å². The van der Waals surface area contributed by atoms with Gasteiger partial charge in [0, 0.05) is 10.0 Å². The SMILES string of the molecule is CC(Oc1ccc(-c2ccccc2)cc1)C(=O)NN=Cc1c(OCc2cccc(Br)c2)ccc2ccccc12. The fourth-order valence-corrected chi connectivity index (χ4v) is 4.63. The second kappa shape index (κ2) is 12.4. The molecule has 0 aliphatic heterocycles. The lowest BCUT2D eigenvalue weighted by Gasteiger charge is -2.14. The summed E-state index contributed by atoms with van der Waals surface area (Å²) in [5, 5.41) is 6.27. The largest absolute Gasteiger partial charge is 0.488 e. The summed E-state index contributed by atoms with van der Waals surface area (Å²) in [7, 11) is 0. The second-order valence-corrected chi connectivity index (χ2v) is 9.92. The highest BCUT2D eigenvalue weighted by Crippen LogP contribution is 2.28. The Morgan fingerprint density at radius 3 is 2.41 bits per heavy atom. The first-order valence-electron chi connectivity index (χ1n) is 12.6. The number of ether oxygens (including phenoxy) is 2. The average Bonchev–Trinajstić information content (AvgIpc) is 2.97. The molecular formula is C33H27BrN2O3. The number of carbonyl (C=O) groups is 1. The molecule has 5 aromatic carbocycles. The van der Waals surface area contributed by atoms with E-state index in [9.17, 15) is 4.79 Å². The fourth-order valence-electron chi connectivity index (χ4n) is 4.19. The van der Waals surface area contributed by atoms with E-state index in [1.54, 1.807) is 13.1 Å². The van der Waals surface area contributed by atoms with Gasteiger partial charge >= 0.3 is 0 Å². The molecule has 6 heteroatoms. The number of benzene rings is 5. The van der Waals surface area contributed by atoms with E-state index in [4.69, 9.17) is 9.47 Å². The molecule has 0 bridgehead atoms. The Bertz CT molecular complexity index is 1600. The number of halogens is 1. The van der Waals surface area contributed by atoms with Gasteiger partial charge in [-0.05, 0) is 64.7 Å². The van der Waals surface area contributed by atoms with Crippen LogP contribution in [0.25, 0.3) is 21.9 Å².